The van der Waals surface area contributed by atoms with Gasteiger partial charge in [0, 0.05) is 0 Å². The molecule has 104 valence electrons. The first kappa shape index (κ1) is 16.9. The molecule has 0 aliphatic rings. The summed E-state index contributed by atoms with van der Waals surface area (Å²) in [4.78, 5) is 0. The van der Waals surface area contributed by atoms with E-state index in [1.165, 1.54) is 19.3 Å². The number of hydrogen-bond acceptors (Lipinski definition) is 3. The molecule has 3 N–H and O–H groups in total. The van der Waals surface area contributed by atoms with Crippen molar-refractivity contribution in [2.45, 2.75) is 77.4 Å². The average Bonchev–Trinajstić information content (AvgIpc) is 2.14. The smallest absolute Gasteiger partial charge is 0.0626 e. The Morgan fingerprint density at radius 3 is 2.06 bits per heavy atom. The normalized spacial score (nSPS) is 13.1. The van der Waals surface area contributed by atoms with Crippen LogP contribution in [0.3, 0.4) is 0 Å². The quantitative estimate of drug-likeness (QED) is 0.582. The fourth-order valence-corrected chi connectivity index (χ4v) is 1.70. The Bertz CT molecular complexity index is 185. The molecule has 0 fully saturated rings. The summed E-state index contributed by atoms with van der Waals surface area (Å²) in [5.74, 6) is 0. The molecule has 3 nitrogen and oxygen atoms in total. The molecule has 3 heteroatoms. The van der Waals surface area contributed by atoms with E-state index in [1.807, 2.05) is 13.8 Å². The van der Waals surface area contributed by atoms with E-state index in [2.05, 4.69) is 13.8 Å². The SMILES string of the molecule is CC(C)(O)CCOC(C)(C)CCCCCCN. The summed E-state index contributed by atoms with van der Waals surface area (Å²) in [5.41, 5.74) is 4.75. The fraction of sp³-hybridized carbons (Fsp3) is 1.00. The topological polar surface area (TPSA) is 55.5 Å². The zero-order valence-electron chi connectivity index (χ0n) is 12.1. The Morgan fingerprint density at radius 2 is 1.53 bits per heavy atom. The molecule has 0 aliphatic heterocycles. The van der Waals surface area contributed by atoms with Crippen LogP contribution in [0.25, 0.3) is 0 Å². The third-order valence-corrected chi connectivity index (χ3v) is 2.94. The van der Waals surface area contributed by atoms with Gasteiger partial charge in [0.1, 0.15) is 0 Å². The third-order valence-electron chi connectivity index (χ3n) is 2.94. The molecule has 0 bridgehead atoms. The molecule has 17 heavy (non-hydrogen) atoms. The summed E-state index contributed by atoms with van der Waals surface area (Å²) < 4.78 is 5.83. The first-order valence-electron chi connectivity index (χ1n) is 6.83. The van der Waals surface area contributed by atoms with Gasteiger partial charge in [-0.25, -0.2) is 0 Å². The van der Waals surface area contributed by atoms with Crippen molar-refractivity contribution in [2.24, 2.45) is 5.73 Å². The summed E-state index contributed by atoms with van der Waals surface area (Å²) >= 11 is 0. The van der Waals surface area contributed by atoms with Crippen LogP contribution in [0.1, 0.15) is 66.2 Å². The number of ether oxygens (including phenoxy) is 1. The Hall–Kier alpha value is -0.120. The van der Waals surface area contributed by atoms with Crippen molar-refractivity contribution in [3.63, 3.8) is 0 Å². The Morgan fingerprint density at radius 1 is 0.941 bits per heavy atom. The van der Waals surface area contributed by atoms with E-state index in [-0.39, 0.29) is 5.60 Å². The summed E-state index contributed by atoms with van der Waals surface area (Å²) in [6.07, 6.45) is 6.52. The van der Waals surface area contributed by atoms with Crippen molar-refractivity contribution < 1.29 is 9.84 Å². The van der Waals surface area contributed by atoms with Crippen molar-refractivity contribution in [3.05, 3.63) is 0 Å². The van der Waals surface area contributed by atoms with Crippen molar-refractivity contribution >= 4 is 0 Å². The van der Waals surface area contributed by atoms with Gasteiger partial charge >= 0.3 is 0 Å². The van der Waals surface area contributed by atoms with Gasteiger partial charge in [0.25, 0.3) is 0 Å². The van der Waals surface area contributed by atoms with Crippen LogP contribution in [-0.4, -0.2) is 29.5 Å². The van der Waals surface area contributed by atoms with Gasteiger partial charge in [0.15, 0.2) is 0 Å². The standard InChI is InChI=1S/C14H31NO2/c1-13(2,16)10-12-17-14(3,4)9-7-5-6-8-11-15/h16H,5-12,15H2,1-4H3. The average molecular weight is 245 g/mol. The summed E-state index contributed by atoms with van der Waals surface area (Å²) in [7, 11) is 0. The van der Waals surface area contributed by atoms with Crippen molar-refractivity contribution in [2.75, 3.05) is 13.2 Å². The Kier molecular flexibility index (Phi) is 8.01. The van der Waals surface area contributed by atoms with Crippen LogP contribution < -0.4 is 5.73 Å². The molecule has 0 aromatic carbocycles. The van der Waals surface area contributed by atoms with Crippen molar-refractivity contribution in [1.82, 2.24) is 0 Å². The van der Waals surface area contributed by atoms with Gasteiger partial charge in [-0.05, 0) is 53.5 Å². The van der Waals surface area contributed by atoms with Crippen molar-refractivity contribution in [1.29, 1.82) is 0 Å². The predicted molar refractivity (Wildman–Crippen MR) is 73.1 cm³/mol. The molecule has 0 aliphatic carbocycles. The maximum atomic E-state index is 9.60. The lowest BCUT2D eigenvalue weighted by Crippen LogP contribution is -2.28. The molecule has 0 rings (SSSR count). The van der Waals surface area contributed by atoms with E-state index in [9.17, 15) is 5.11 Å². The van der Waals surface area contributed by atoms with Gasteiger partial charge in [-0.1, -0.05) is 19.3 Å². The minimum atomic E-state index is -0.628. The van der Waals surface area contributed by atoms with E-state index in [0.717, 1.165) is 19.4 Å². The monoisotopic (exact) mass is 245 g/mol. The molecule has 0 amide bonds. The van der Waals surface area contributed by atoms with Crippen LogP contribution in [0.5, 0.6) is 0 Å². The van der Waals surface area contributed by atoms with Crippen LogP contribution in [0.2, 0.25) is 0 Å². The molecule has 0 unspecified atom stereocenters. The predicted octanol–water partition coefficient (Wildman–Crippen LogP) is 2.85. The van der Waals surface area contributed by atoms with Crippen LogP contribution in [0, 0.1) is 0 Å². The van der Waals surface area contributed by atoms with Gasteiger partial charge < -0.3 is 15.6 Å². The lowest BCUT2D eigenvalue weighted by Gasteiger charge is -2.27. The van der Waals surface area contributed by atoms with Gasteiger partial charge in [-0.2, -0.15) is 0 Å². The maximum absolute atomic E-state index is 9.60. The zero-order valence-corrected chi connectivity index (χ0v) is 12.1. The zero-order chi connectivity index (χ0) is 13.4. The summed E-state index contributed by atoms with van der Waals surface area (Å²) in [6, 6.07) is 0. The molecule has 0 spiro atoms. The highest BCUT2D eigenvalue weighted by atomic mass is 16.5. The molecular weight excluding hydrogens is 214 g/mol. The van der Waals surface area contributed by atoms with Crippen LogP contribution in [-0.2, 0) is 4.74 Å². The molecule has 0 heterocycles. The van der Waals surface area contributed by atoms with Crippen LogP contribution in [0.4, 0.5) is 0 Å². The summed E-state index contributed by atoms with van der Waals surface area (Å²) in [6.45, 7) is 9.30. The Balaban J connectivity index is 3.58. The second kappa shape index (κ2) is 8.06. The molecule has 0 aromatic rings. The molecular formula is C14H31NO2. The highest BCUT2D eigenvalue weighted by molar-refractivity contribution is 4.70. The highest BCUT2D eigenvalue weighted by Gasteiger charge is 2.20. The van der Waals surface area contributed by atoms with E-state index in [4.69, 9.17) is 10.5 Å². The molecule has 0 radical (unpaired) electrons. The fourth-order valence-electron chi connectivity index (χ4n) is 1.70. The molecule has 0 atom stereocenters. The highest BCUT2D eigenvalue weighted by Crippen LogP contribution is 2.20. The van der Waals surface area contributed by atoms with E-state index < -0.39 is 5.60 Å². The third kappa shape index (κ3) is 12.1. The first-order valence-corrected chi connectivity index (χ1v) is 6.83. The van der Waals surface area contributed by atoms with Gasteiger partial charge in [-0.15, -0.1) is 0 Å². The second-order valence-electron chi connectivity index (χ2n) is 6.12. The Labute approximate surface area is 107 Å². The lowest BCUT2D eigenvalue weighted by molar-refractivity contribution is -0.0509. The van der Waals surface area contributed by atoms with Gasteiger partial charge in [0.05, 0.1) is 17.8 Å². The lowest BCUT2D eigenvalue weighted by atomic mass is 9.99. The number of unbranched alkanes of at least 4 members (excludes halogenated alkanes) is 3. The van der Waals surface area contributed by atoms with E-state index >= 15 is 0 Å². The van der Waals surface area contributed by atoms with E-state index in [1.54, 1.807) is 0 Å². The number of aliphatic hydroxyl groups is 1. The van der Waals surface area contributed by atoms with Crippen LogP contribution in [0.15, 0.2) is 0 Å². The number of nitrogens with two attached hydrogens (primary N) is 1. The van der Waals surface area contributed by atoms with Crippen LogP contribution >= 0.6 is 0 Å². The molecule has 0 aromatic heterocycles. The first-order chi connectivity index (χ1) is 7.77. The minimum absolute atomic E-state index is 0.0754. The number of rotatable bonds is 10. The molecule has 0 saturated carbocycles. The number of hydrogen-bond donors (Lipinski definition) is 2. The molecule has 0 saturated heterocycles. The van der Waals surface area contributed by atoms with Gasteiger partial charge in [-0.3, -0.25) is 0 Å². The minimum Gasteiger partial charge on any atom is -0.390 e. The summed E-state index contributed by atoms with van der Waals surface area (Å²) in [5, 5.41) is 9.60. The maximum Gasteiger partial charge on any atom is 0.0626 e. The van der Waals surface area contributed by atoms with Crippen molar-refractivity contribution in [3.8, 4) is 0 Å². The second-order valence-corrected chi connectivity index (χ2v) is 6.12. The van der Waals surface area contributed by atoms with Gasteiger partial charge in [0.2, 0.25) is 0 Å². The largest absolute Gasteiger partial charge is 0.390 e. The van der Waals surface area contributed by atoms with E-state index in [0.29, 0.717) is 13.0 Å².